The van der Waals surface area contributed by atoms with E-state index in [9.17, 15) is 9.18 Å². The maximum atomic E-state index is 13.7. The molecule has 2 aromatic heterocycles. The largest absolute Gasteiger partial charge is 0.345 e. The topological polar surface area (TPSA) is 46.4 Å². The van der Waals surface area contributed by atoms with Gasteiger partial charge in [0.05, 0.1) is 28.8 Å². The quantitative estimate of drug-likeness (QED) is 0.808. The average molecular weight is 304 g/mol. The first-order valence-electron chi connectivity index (χ1n) is 6.30. The summed E-state index contributed by atoms with van der Waals surface area (Å²) in [5, 5.41) is 2.71. The molecule has 0 saturated heterocycles. The molecule has 0 spiro atoms. The number of fused-ring (bicyclic) bond motifs is 1. The summed E-state index contributed by atoms with van der Waals surface area (Å²) >= 11 is 5.86. The Morgan fingerprint density at radius 2 is 2.14 bits per heavy atom. The van der Waals surface area contributed by atoms with Crippen LogP contribution in [0, 0.1) is 5.82 Å². The van der Waals surface area contributed by atoms with Crippen LogP contribution in [-0.4, -0.2) is 15.3 Å². The predicted molar refractivity (Wildman–Crippen MR) is 77.8 cm³/mol. The van der Waals surface area contributed by atoms with Gasteiger partial charge in [-0.2, -0.15) is 0 Å². The molecule has 1 amide bonds. The number of benzene rings is 1. The first-order chi connectivity index (χ1) is 10.2. The molecule has 3 rings (SSSR count). The molecule has 0 aliphatic carbocycles. The standard InChI is InChI=1S/C15H11ClFN3O/c16-11-5-3-6-12(17)14(11)15(21)19-9-13-18-8-10-4-1-2-7-20(10)13/h1-8H,9H2,(H,19,21). The minimum absolute atomic E-state index is 0.0838. The fourth-order valence-corrected chi connectivity index (χ4v) is 2.34. The molecule has 106 valence electrons. The van der Waals surface area contributed by atoms with Gasteiger partial charge in [0.15, 0.2) is 0 Å². The maximum absolute atomic E-state index is 13.7. The van der Waals surface area contributed by atoms with Crippen molar-refractivity contribution in [2.24, 2.45) is 0 Å². The van der Waals surface area contributed by atoms with Gasteiger partial charge in [-0.05, 0) is 24.3 Å². The van der Waals surface area contributed by atoms with Crippen molar-refractivity contribution in [3.05, 3.63) is 71.0 Å². The smallest absolute Gasteiger partial charge is 0.256 e. The second kappa shape index (κ2) is 5.54. The zero-order chi connectivity index (χ0) is 14.8. The van der Waals surface area contributed by atoms with Crippen LogP contribution in [-0.2, 0) is 6.54 Å². The molecule has 0 atom stereocenters. The number of nitrogens with one attached hydrogen (secondary N) is 1. The van der Waals surface area contributed by atoms with Crippen LogP contribution < -0.4 is 5.32 Å². The van der Waals surface area contributed by atoms with Gasteiger partial charge in [0.1, 0.15) is 11.6 Å². The molecule has 0 aliphatic rings. The van der Waals surface area contributed by atoms with Gasteiger partial charge in [0.25, 0.3) is 5.91 Å². The number of aromatic nitrogens is 2. The van der Waals surface area contributed by atoms with Crippen LogP contribution in [0.25, 0.3) is 5.52 Å². The lowest BCUT2D eigenvalue weighted by Crippen LogP contribution is -2.25. The van der Waals surface area contributed by atoms with Gasteiger partial charge >= 0.3 is 0 Å². The lowest BCUT2D eigenvalue weighted by atomic mass is 10.2. The van der Waals surface area contributed by atoms with E-state index in [0.717, 1.165) is 5.52 Å². The van der Waals surface area contributed by atoms with E-state index in [-0.39, 0.29) is 17.1 Å². The molecule has 0 aliphatic heterocycles. The molecule has 1 N–H and O–H groups in total. The fourth-order valence-electron chi connectivity index (χ4n) is 2.09. The minimum atomic E-state index is -0.645. The monoisotopic (exact) mass is 303 g/mol. The molecule has 21 heavy (non-hydrogen) atoms. The van der Waals surface area contributed by atoms with Crippen LogP contribution in [0.1, 0.15) is 16.2 Å². The number of rotatable bonds is 3. The van der Waals surface area contributed by atoms with Crippen molar-refractivity contribution in [1.82, 2.24) is 14.7 Å². The Balaban J connectivity index is 1.80. The van der Waals surface area contributed by atoms with Crippen molar-refractivity contribution < 1.29 is 9.18 Å². The Morgan fingerprint density at radius 3 is 2.95 bits per heavy atom. The van der Waals surface area contributed by atoms with E-state index >= 15 is 0 Å². The number of pyridine rings is 1. The van der Waals surface area contributed by atoms with Crippen LogP contribution >= 0.6 is 11.6 Å². The van der Waals surface area contributed by atoms with Gasteiger partial charge in [-0.1, -0.05) is 23.7 Å². The zero-order valence-corrected chi connectivity index (χ0v) is 11.6. The third-order valence-electron chi connectivity index (χ3n) is 3.11. The van der Waals surface area contributed by atoms with Gasteiger partial charge in [-0.3, -0.25) is 4.79 Å². The van der Waals surface area contributed by atoms with E-state index in [1.165, 1.54) is 18.2 Å². The van der Waals surface area contributed by atoms with Crippen LogP contribution in [0.3, 0.4) is 0 Å². The molecule has 1 aromatic carbocycles. The highest BCUT2D eigenvalue weighted by Gasteiger charge is 2.16. The molecule has 0 bridgehead atoms. The minimum Gasteiger partial charge on any atom is -0.345 e. The lowest BCUT2D eigenvalue weighted by molar-refractivity contribution is 0.0946. The lowest BCUT2D eigenvalue weighted by Gasteiger charge is -2.07. The highest BCUT2D eigenvalue weighted by Crippen LogP contribution is 2.18. The Labute approximate surface area is 125 Å². The number of amides is 1. The van der Waals surface area contributed by atoms with Gasteiger partial charge in [-0.15, -0.1) is 0 Å². The number of halogens is 2. The summed E-state index contributed by atoms with van der Waals surface area (Å²) in [4.78, 5) is 16.3. The molecular weight excluding hydrogens is 293 g/mol. The summed E-state index contributed by atoms with van der Waals surface area (Å²) in [5.41, 5.74) is 0.769. The number of hydrogen-bond donors (Lipinski definition) is 1. The third kappa shape index (κ3) is 2.60. The van der Waals surface area contributed by atoms with Gasteiger partial charge < -0.3 is 9.72 Å². The average Bonchev–Trinajstić information content (AvgIpc) is 2.88. The number of nitrogens with zero attached hydrogens (tertiary/aromatic N) is 2. The van der Waals surface area contributed by atoms with Crippen molar-refractivity contribution in [2.45, 2.75) is 6.54 Å². The first kappa shape index (κ1) is 13.6. The molecule has 4 nitrogen and oxygen atoms in total. The Bertz CT molecular complexity index is 795. The van der Waals surface area contributed by atoms with E-state index < -0.39 is 11.7 Å². The fraction of sp³-hybridized carbons (Fsp3) is 0.0667. The number of imidazole rings is 1. The Hall–Kier alpha value is -2.40. The Morgan fingerprint density at radius 1 is 1.29 bits per heavy atom. The molecule has 0 fully saturated rings. The van der Waals surface area contributed by atoms with E-state index in [2.05, 4.69) is 10.3 Å². The predicted octanol–water partition coefficient (Wildman–Crippen LogP) is 3.06. The second-order valence-electron chi connectivity index (χ2n) is 4.45. The summed E-state index contributed by atoms with van der Waals surface area (Å²) in [7, 11) is 0. The molecule has 6 heteroatoms. The van der Waals surface area contributed by atoms with Crippen LogP contribution in [0.2, 0.25) is 5.02 Å². The van der Waals surface area contributed by atoms with Crippen LogP contribution in [0.4, 0.5) is 4.39 Å². The maximum Gasteiger partial charge on any atom is 0.256 e. The van der Waals surface area contributed by atoms with E-state index in [4.69, 9.17) is 11.6 Å². The number of carbonyl (C=O) groups excluding carboxylic acids is 1. The molecule has 2 heterocycles. The zero-order valence-electron chi connectivity index (χ0n) is 10.9. The summed E-state index contributed by atoms with van der Waals surface area (Å²) in [6, 6.07) is 9.81. The molecule has 0 saturated carbocycles. The van der Waals surface area contributed by atoms with Crippen molar-refractivity contribution in [2.75, 3.05) is 0 Å². The van der Waals surface area contributed by atoms with E-state index in [0.29, 0.717) is 5.82 Å². The third-order valence-corrected chi connectivity index (χ3v) is 3.43. The second-order valence-corrected chi connectivity index (χ2v) is 4.86. The SMILES string of the molecule is O=C(NCc1ncc2ccccn12)c1c(F)cccc1Cl. The van der Waals surface area contributed by atoms with Crippen molar-refractivity contribution in [3.8, 4) is 0 Å². The van der Waals surface area contributed by atoms with Crippen molar-refractivity contribution in [3.63, 3.8) is 0 Å². The van der Waals surface area contributed by atoms with Gasteiger partial charge in [-0.25, -0.2) is 9.37 Å². The van der Waals surface area contributed by atoms with E-state index in [1.807, 2.05) is 28.8 Å². The number of hydrogen-bond acceptors (Lipinski definition) is 2. The van der Waals surface area contributed by atoms with Crippen LogP contribution in [0.15, 0.2) is 48.8 Å². The highest BCUT2D eigenvalue weighted by molar-refractivity contribution is 6.33. The van der Waals surface area contributed by atoms with Crippen LogP contribution in [0.5, 0.6) is 0 Å². The van der Waals surface area contributed by atoms with Gasteiger partial charge in [0, 0.05) is 6.20 Å². The normalized spacial score (nSPS) is 10.8. The Kier molecular flexibility index (Phi) is 3.58. The van der Waals surface area contributed by atoms with Crippen molar-refractivity contribution in [1.29, 1.82) is 0 Å². The summed E-state index contributed by atoms with van der Waals surface area (Å²) in [6.45, 7) is 0.182. The summed E-state index contributed by atoms with van der Waals surface area (Å²) in [5.74, 6) is -0.551. The van der Waals surface area contributed by atoms with Gasteiger partial charge in [0.2, 0.25) is 0 Å². The number of carbonyl (C=O) groups is 1. The van der Waals surface area contributed by atoms with E-state index in [1.54, 1.807) is 6.20 Å². The first-order valence-corrected chi connectivity index (χ1v) is 6.68. The van der Waals surface area contributed by atoms with Crippen molar-refractivity contribution >= 4 is 23.0 Å². The molecule has 3 aromatic rings. The molecule has 0 unspecified atom stereocenters. The molecular formula is C15H11ClFN3O. The summed E-state index contributed by atoms with van der Waals surface area (Å²) < 4.78 is 15.5. The highest BCUT2D eigenvalue weighted by atomic mass is 35.5. The summed E-state index contributed by atoms with van der Waals surface area (Å²) in [6.07, 6.45) is 3.55. The molecule has 0 radical (unpaired) electrons.